The van der Waals surface area contributed by atoms with Crippen molar-refractivity contribution in [2.24, 2.45) is 0 Å². The fourth-order valence-corrected chi connectivity index (χ4v) is 4.10. The van der Waals surface area contributed by atoms with Gasteiger partial charge in [0, 0.05) is 12.1 Å². The van der Waals surface area contributed by atoms with Gasteiger partial charge in [-0.15, -0.1) is 0 Å². The van der Waals surface area contributed by atoms with Gasteiger partial charge in [-0.05, 0) is 44.4 Å². The van der Waals surface area contributed by atoms with E-state index in [4.69, 9.17) is 4.98 Å². The van der Waals surface area contributed by atoms with E-state index in [1.807, 2.05) is 47.4 Å². The number of nitrogens with one attached hydrogen (secondary N) is 2. The van der Waals surface area contributed by atoms with Crippen LogP contribution in [0.4, 0.5) is 0 Å². The molecule has 1 aliphatic heterocycles. The van der Waals surface area contributed by atoms with Crippen molar-refractivity contribution in [2.45, 2.75) is 32.7 Å². The second kappa shape index (κ2) is 6.88. The van der Waals surface area contributed by atoms with Gasteiger partial charge in [-0.25, -0.2) is 4.98 Å². The molecule has 1 fully saturated rings. The van der Waals surface area contributed by atoms with E-state index in [-0.39, 0.29) is 11.9 Å². The van der Waals surface area contributed by atoms with Gasteiger partial charge in [-0.3, -0.25) is 9.89 Å². The summed E-state index contributed by atoms with van der Waals surface area (Å²) in [5, 5.41) is 7.29. The smallest absolute Gasteiger partial charge is 0.272 e. The van der Waals surface area contributed by atoms with Crippen LogP contribution >= 0.6 is 0 Å². The predicted octanol–water partition coefficient (Wildman–Crippen LogP) is 4.55. The molecule has 2 aromatic carbocycles. The molecule has 0 spiro atoms. The van der Waals surface area contributed by atoms with Crippen LogP contribution in [0.2, 0.25) is 0 Å². The zero-order valence-corrected chi connectivity index (χ0v) is 16.6. The van der Waals surface area contributed by atoms with Crippen molar-refractivity contribution in [3.05, 3.63) is 71.2 Å². The number of imidazole rings is 1. The van der Waals surface area contributed by atoms with E-state index in [0.29, 0.717) is 5.69 Å². The lowest BCUT2D eigenvalue weighted by Gasteiger charge is -2.22. The Balaban J connectivity index is 1.43. The first-order chi connectivity index (χ1) is 14.1. The first kappa shape index (κ1) is 17.7. The van der Waals surface area contributed by atoms with Gasteiger partial charge in [0.15, 0.2) is 0 Å². The fourth-order valence-electron chi connectivity index (χ4n) is 4.10. The van der Waals surface area contributed by atoms with Crippen LogP contribution in [0.5, 0.6) is 0 Å². The highest BCUT2D eigenvalue weighted by molar-refractivity contribution is 5.94. The van der Waals surface area contributed by atoms with Crippen molar-refractivity contribution in [1.82, 2.24) is 25.1 Å². The Morgan fingerprint density at radius 3 is 2.76 bits per heavy atom. The molecule has 5 rings (SSSR count). The lowest BCUT2D eigenvalue weighted by molar-refractivity contribution is 0.0724. The minimum atomic E-state index is -0.0413. The summed E-state index contributed by atoms with van der Waals surface area (Å²) in [5.74, 6) is 0.828. The van der Waals surface area contributed by atoms with E-state index in [2.05, 4.69) is 35.1 Å². The molecule has 4 aromatic rings. The van der Waals surface area contributed by atoms with Gasteiger partial charge < -0.3 is 9.88 Å². The Morgan fingerprint density at radius 2 is 1.97 bits per heavy atom. The number of carbonyl (C=O) groups excluding carboxylic acids is 1. The Kier molecular flexibility index (Phi) is 4.19. The van der Waals surface area contributed by atoms with E-state index in [0.717, 1.165) is 53.1 Å². The molecule has 0 aliphatic carbocycles. The van der Waals surface area contributed by atoms with Gasteiger partial charge in [0.25, 0.3) is 5.91 Å². The third-order valence-corrected chi connectivity index (χ3v) is 5.72. The van der Waals surface area contributed by atoms with E-state index in [1.165, 1.54) is 5.56 Å². The molecule has 0 bridgehead atoms. The minimum Gasteiger partial charge on any atom is -0.340 e. The third kappa shape index (κ3) is 3.10. The van der Waals surface area contributed by atoms with Crippen LogP contribution < -0.4 is 0 Å². The molecule has 6 nitrogen and oxygen atoms in total. The Labute approximate surface area is 169 Å². The van der Waals surface area contributed by atoms with Gasteiger partial charge in [0.05, 0.1) is 22.8 Å². The number of aromatic amines is 2. The maximum atomic E-state index is 13.2. The third-order valence-electron chi connectivity index (χ3n) is 5.72. The van der Waals surface area contributed by atoms with Crippen LogP contribution in [0, 0.1) is 13.8 Å². The largest absolute Gasteiger partial charge is 0.340 e. The van der Waals surface area contributed by atoms with Crippen LogP contribution in [0.1, 0.15) is 46.3 Å². The second-order valence-electron chi connectivity index (χ2n) is 7.78. The van der Waals surface area contributed by atoms with Gasteiger partial charge in [0.1, 0.15) is 11.5 Å². The van der Waals surface area contributed by atoms with Crippen LogP contribution in [-0.4, -0.2) is 37.5 Å². The van der Waals surface area contributed by atoms with Crippen molar-refractivity contribution in [3.63, 3.8) is 0 Å². The van der Waals surface area contributed by atoms with Crippen LogP contribution in [0.25, 0.3) is 22.3 Å². The number of aryl methyl sites for hydroxylation is 2. The maximum absolute atomic E-state index is 13.2. The molecular formula is C23H23N5O. The molecule has 6 heteroatoms. The minimum absolute atomic E-state index is 0.0319. The van der Waals surface area contributed by atoms with Gasteiger partial charge in [0.2, 0.25) is 0 Å². The first-order valence-electron chi connectivity index (χ1n) is 9.99. The number of hydrogen-bond acceptors (Lipinski definition) is 3. The second-order valence-corrected chi connectivity index (χ2v) is 7.78. The monoisotopic (exact) mass is 385 g/mol. The molecule has 0 radical (unpaired) electrons. The molecule has 1 unspecified atom stereocenters. The summed E-state index contributed by atoms with van der Waals surface area (Å²) >= 11 is 0. The molecule has 146 valence electrons. The highest BCUT2D eigenvalue weighted by Crippen LogP contribution is 2.33. The molecule has 2 aromatic heterocycles. The lowest BCUT2D eigenvalue weighted by Crippen LogP contribution is -2.31. The summed E-state index contributed by atoms with van der Waals surface area (Å²) in [6.07, 6.45) is 1.87. The normalized spacial score (nSPS) is 16.6. The van der Waals surface area contributed by atoms with Crippen LogP contribution in [0.3, 0.4) is 0 Å². The highest BCUT2D eigenvalue weighted by atomic mass is 16.2. The maximum Gasteiger partial charge on any atom is 0.272 e. The number of nitrogens with zero attached hydrogens (tertiary/aromatic N) is 3. The Bertz CT molecular complexity index is 1190. The van der Waals surface area contributed by atoms with Crippen molar-refractivity contribution >= 4 is 16.9 Å². The summed E-state index contributed by atoms with van der Waals surface area (Å²) < 4.78 is 0. The van der Waals surface area contributed by atoms with Gasteiger partial charge in [-0.1, -0.05) is 42.0 Å². The molecule has 2 N–H and O–H groups in total. The number of rotatable bonds is 3. The van der Waals surface area contributed by atoms with Crippen molar-refractivity contribution < 1.29 is 4.79 Å². The summed E-state index contributed by atoms with van der Waals surface area (Å²) in [6.45, 7) is 4.83. The number of benzene rings is 2. The van der Waals surface area contributed by atoms with Crippen molar-refractivity contribution in [2.75, 3.05) is 6.54 Å². The zero-order chi connectivity index (χ0) is 20.0. The number of carbonyl (C=O) groups is 1. The molecule has 3 heterocycles. The van der Waals surface area contributed by atoms with E-state index >= 15 is 0 Å². The van der Waals surface area contributed by atoms with Crippen molar-refractivity contribution in [1.29, 1.82) is 0 Å². The van der Waals surface area contributed by atoms with E-state index in [1.54, 1.807) is 0 Å². The molecular weight excluding hydrogens is 362 g/mol. The summed E-state index contributed by atoms with van der Waals surface area (Å²) in [5.41, 5.74) is 6.62. The Morgan fingerprint density at radius 1 is 1.14 bits per heavy atom. The number of fused-ring (bicyclic) bond motifs is 1. The number of likely N-dealkylation sites (tertiary alicyclic amines) is 1. The summed E-state index contributed by atoms with van der Waals surface area (Å²) in [7, 11) is 0. The van der Waals surface area contributed by atoms with E-state index < -0.39 is 0 Å². The number of H-pyrrole nitrogens is 2. The quantitative estimate of drug-likeness (QED) is 0.543. The summed E-state index contributed by atoms with van der Waals surface area (Å²) in [4.78, 5) is 23.4. The van der Waals surface area contributed by atoms with Crippen LogP contribution in [-0.2, 0) is 0 Å². The topological polar surface area (TPSA) is 77.7 Å². The zero-order valence-electron chi connectivity index (χ0n) is 16.6. The van der Waals surface area contributed by atoms with Crippen LogP contribution in [0.15, 0.2) is 48.5 Å². The molecule has 29 heavy (non-hydrogen) atoms. The Hall–Kier alpha value is -3.41. The highest BCUT2D eigenvalue weighted by Gasteiger charge is 2.33. The summed E-state index contributed by atoms with van der Waals surface area (Å²) in [6, 6.07) is 16.0. The number of para-hydroxylation sites is 1. The molecule has 1 saturated heterocycles. The SMILES string of the molecule is Cc1ccc(-c2cc(C(=O)N3CCCC3c3nc4c(C)cccc4[nH]3)[nH]n2)cc1. The lowest BCUT2D eigenvalue weighted by atomic mass is 10.1. The standard InChI is InChI=1S/C23H23N5O/c1-14-8-10-16(11-9-14)18-13-19(27-26-18)23(29)28-12-4-7-20(28)22-24-17-6-3-5-15(2)21(17)25-22/h3,5-6,8-11,13,20H,4,7,12H2,1-2H3,(H,24,25)(H,26,27). The fraction of sp³-hybridized carbons (Fsp3) is 0.261. The molecule has 1 atom stereocenters. The van der Waals surface area contributed by atoms with Gasteiger partial charge in [-0.2, -0.15) is 5.10 Å². The number of aromatic nitrogens is 4. The van der Waals surface area contributed by atoms with Gasteiger partial charge >= 0.3 is 0 Å². The molecule has 1 aliphatic rings. The van der Waals surface area contributed by atoms with Crippen molar-refractivity contribution in [3.8, 4) is 11.3 Å². The molecule has 1 amide bonds. The molecule has 0 saturated carbocycles. The first-order valence-corrected chi connectivity index (χ1v) is 9.99. The average Bonchev–Trinajstić information content (AvgIpc) is 3.46. The van der Waals surface area contributed by atoms with E-state index in [9.17, 15) is 4.79 Å². The number of amides is 1. The predicted molar refractivity (Wildman–Crippen MR) is 113 cm³/mol. The average molecular weight is 385 g/mol. The number of hydrogen-bond donors (Lipinski definition) is 2.